The number of halogens is 1. The van der Waals surface area contributed by atoms with E-state index in [2.05, 4.69) is 4.90 Å². The molecule has 8 nitrogen and oxygen atoms in total. The van der Waals surface area contributed by atoms with E-state index in [9.17, 15) is 24.1 Å². The van der Waals surface area contributed by atoms with Crippen LogP contribution in [0.1, 0.15) is 12.0 Å². The molecule has 0 radical (unpaired) electrons. The zero-order chi connectivity index (χ0) is 22.1. The summed E-state index contributed by atoms with van der Waals surface area (Å²) in [6, 6.07) is 11.0. The minimum absolute atomic E-state index is 0.0430. The van der Waals surface area contributed by atoms with Gasteiger partial charge < -0.3 is 14.7 Å². The summed E-state index contributed by atoms with van der Waals surface area (Å²) in [6.45, 7) is 4.16. The maximum Gasteiger partial charge on any atom is 0.269 e. The number of nitro groups is 1. The largest absolute Gasteiger partial charge is 0.368 e. The second-order valence-electron chi connectivity index (χ2n) is 7.92. The molecule has 2 aromatic carbocycles. The van der Waals surface area contributed by atoms with Gasteiger partial charge in [0.25, 0.3) is 5.69 Å². The smallest absolute Gasteiger partial charge is 0.269 e. The Morgan fingerprint density at radius 3 is 2.32 bits per heavy atom. The maximum atomic E-state index is 13.9. The van der Waals surface area contributed by atoms with Crippen LogP contribution in [0.15, 0.2) is 42.5 Å². The molecule has 2 aromatic rings. The van der Waals surface area contributed by atoms with E-state index in [1.54, 1.807) is 36.1 Å². The number of benzene rings is 2. The van der Waals surface area contributed by atoms with Gasteiger partial charge in [-0.05, 0) is 36.8 Å². The van der Waals surface area contributed by atoms with E-state index >= 15 is 0 Å². The molecule has 0 aromatic heterocycles. The highest BCUT2D eigenvalue weighted by Crippen LogP contribution is 2.28. The molecule has 9 heteroatoms. The summed E-state index contributed by atoms with van der Waals surface area (Å²) in [6.07, 6.45) is 0.122. The Morgan fingerprint density at radius 2 is 1.71 bits per heavy atom. The molecule has 0 saturated carbocycles. The lowest BCUT2D eigenvalue weighted by Gasteiger charge is -2.37. The molecule has 2 saturated heterocycles. The molecule has 31 heavy (non-hydrogen) atoms. The van der Waals surface area contributed by atoms with Crippen molar-refractivity contribution in [3.63, 3.8) is 0 Å². The third-order valence-corrected chi connectivity index (χ3v) is 5.96. The average molecular weight is 426 g/mol. The zero-order valence-electron chi connectivity index (χ0n) is 17.2. The Morgan fingerprint density at radius 1 is 1.06 bits per heavy atom. The van der Waals surface area contributed by atoms with E-state index < -0.39 is 10.8 Å². The molecule has 2 heterocycles. The number of aryl methyl sites for hydroxylation is 1. The lowest BCUT2D eigenvalue weighted by molar-refractivity contribution is -0.384. The van der Waals surface area contributed by atoms with Gasteiger partial charge in [0.1, 0.15) is 5.82 Å². The van der Waals surface area contributed by atoms with E-state index in [1.165, 1.54) is 23.1 Å². The highest BCUT2D eigenvalue weighted by atomic mass is 19.1. The fourth-order valence-corrected chi connectivity index (χ4v) is 4.10. The number of nitrogens with zero attached hydrogens (tertiary/aromatic N) is 4. The molecule has 0 aliphatic carbocycles. The van der Waals surface area contributed by atoms with Gasteiger partial charge in [0.15, 0.2) is 0 Å². The molecule has 0 unspecified atom stereocenters. The first kappa shape index (κ1) is 20.8. The van der Waals surface area contributed by atoms with Crippen LogP contribution < -0.4 is 9.80 Å². The standard InChI is InChI=1S/C22H23FN4O4/c1-15-2-3-19(13-20(15)23)26-14-16(12-21(26)28)22(29)25-10-8-24(9-11-25)17-4-6-18(7-5-17)27(30)31/h2-7,13,16H,8-12,14H2,1H3/t16-/m1/s1. The number of nitro benzene ring substituents is 1. The van der Waals surface area contributed by atoms with Crippen LogP contribution in [0.3, 0.4) is 0 Å². The number of hydrogen-bond donors (Lipinski definition) is 0. The zero-order valence-corrected chi connectivity index (χ0v) is 17.2. The molecular weight excluding hydrogens is 403 g/mol. The number of piperazine rings is 1. The van der Waals surface area contributed by atoms with E-state index in [0.29, 0.717) is 37.4 Å². The molecule has 0 N–H and O–H groups in total. The van der Waals surface area contributed by atoms with Crippen molar-refractivity contribution in [3.8, 4) is 0 Å². The average Bonchev–Trinajstić information content (AvgIpc) is 3.17. The van der Waals surface area contributed by atoms with Gasteiger partial charge in [-0.2, -0.15) is 0 Å². The summed E-state index contributed by atoms with van der Waals surface area (Å²) in [5, 5.41) is 10.8. The summed E-state index contributed by atoms with van der Waals surface area (Å²) in [4.78, 5) is 41.1. The van der Waals surface area contributed by atoms with Gasteiger partial charge >= 0.3 is 0 Å². The fraction of sp³-hybridized carbons (Fsp3) is 0.364. The lowest BCUT2D eigenvalue weighted by atomic mass is 10.1. The van der Waals surface area contributed by atoms with Gasteiger partial charge in [-0.25, -0.2) is 4.39 Å². The summed E-state index contributed by atoms with van der Waals surface area (Å²) < 4.78 is 13.9. The Balaban J connectivity index is 1.36. The van der Waals surface area contributed by atoms with Crippen LogP contribution in [0.2, 0.25) is 0 Å². The number of rotatable bonds is 4. The first-order valence-electron chi connectivity index (χ1n) is 10.2. The van der Waals surface area contributed by atoms with Gasteiger partial charge in [0.05, 0.1) is 10.8 Å². The molecule has 2 fully saturated rings. The second kappa shape index (κ2) is 8.33. The van der Waals surface area contributed by atoms with Crippen LogP contribution >= 0.6 is 0 Å². The second-order valence-corrected chi connectivity index (χ2v) is 7.92. The van der Waals surface area contributed by atoms with Crippen LogP contribution in [0.5, 0.6) is 0 Å². The number of hydrogen-bond acceptors (Lipinski definition) is 5. The molecule has 0 bridgehead atoms. The topological polar surface area (TPSA) is 87.0 Å². The molecule has 1 atom stereocenters. The molecule has 162 valence electrons. The van der Waals surface area contributed by atoms with Crippen molar-refractivity contribution in [2.45, 2.75) is 13.3 Å². The van der Waals surface area contributed by atoms with Gasteiger partial charge in [-0.3, -0.25) is 19.7 Å². The van der Waals surface area contributed by atoms with Crippen molar-refractivity contribution in [2.75, 3.05) is 42.5 Å². The fourth-order valence-electron chi connectivity index (χ4n) is 4.10. The highest BCUT2D eigenvalue weighted by molar-refractivity contribution is 6.00. The third kappa shape index (κ3) is 4.21. The van der Waals surface area contributed by atoms with Crippen LogP contribution in [-0.4, -0.2) is 54.4 Å². The summed E-state index contributed by atoms with van der Waals surface area (Å²) >= 11 is 0. The summed E-state index contributed by atoms with van der Waals surface area (Å²) in [5.74, 6) is -1.05. The number of carbonyl (C=O) groups is 2. The van der Waals surface area contributed by atoms with Crippen molar-refractivity contribution in [3.05, 3.63) is 64.0 Å². The van der Waals surface area contributed by atoms with Crippen LogP contribution in [0.25, 0.3) is 0 Å². The Kier molecular flexibility index (Phi) is 5.58. The van der Waals surface area contributed by atoms with Gasteiger partial charge in [0.2, 0.25) is 11.8 Å². The van der Waals surface area contributed by atoms with Gasteiger partial charge in [0, 0.05) is 62.7 Å². The monoisotopic (exact) mass is 426 g/mol. The first-order chi connectivity index (χ1) is 14.8. The maximum absolute atomic E-state index is 13.9. The van der Waals surface area contributed by atoms with Gasteiger partial charge in [-0.1, -0.05) is 6.07 Å². The molecule has 2 amide bonds. The van der Waals surface area contributed by atoms with E-state index in [0.717, 1.165) is 5.69 Å². The predicted octanol–water partition coefficient (Wildman–Crippen LogP) is 2.74. The van der Waals surface area contributed by atoms with Crippen LogP contribution in [0.4, 0.5) is 21.5 Å². The SMILES string of the molecule is Cc1ccc(N2C[C@H](C(=O)N3CCN(c4ccc([N+](=O)[O-])cc4)CC3)CC2=O)cc1F. The Hall–Kier alpha value is -3.49. The summed E-state index contributed by atoms with van der Waals surface area (Å²) in [7, 11) is 0. The number of non-ortho nitro benzene ring substituents is 1. The van der Waals surface area contributed by atoms with Crippen molar-refractivity contribution < 1.29 is 18.9 Å². The van der Waals surface area contributed by atoms with Crippen molar-refractivity contribution >= 4 is 28.9 Å². The third-order valence-electron chi connectivity index (χ3n) is 5.96. The minimum atomic E-state index is -0.442. The normalized spacial score (nSPS) is 19.1. The first-order valence-corrected chi connectivity index (χ1v) is 10.2. The predicted molar refractivity (Wildman–Crippen MR) is 113 cm³/mol. The summed E-state index contributed by atoms with van der Waals surface area (Å²) in [5.41, 5.74) is 1.91. The number of carbonyl (C=O) groups excluding carboxylic acids is 2. The molecule has 2 aliphatic rings. The highest BCUT2D eigenvalue weighted by Gasteiger charge is 2.38. The Labute approximate surface area is 179 Å². The molecule has 2 aliphatic heterocycles. The van der Waals surface area contributed by atoms with Gasteiger partial charge in [-0.15, -0.1) is 0 Å². The van der Waals surface area contributed by atoms with Crippen LogP contribution in [0, 0.1) is 28.8 Å². The Bertz CT molecular complexity index is 1020. The number of amides is 2. The molecular formula is C22H23FN4O4. The minimum Gasteiger partial charge on any atom is -0.368 e. The number of anilines is 2. The molecule has 4 rings (SSSR count). The lowest BCUT2D eigenvalue weighted by Crippen LogP contribution is -2.50. The van der Waals surface area contributed by atoms with E-state index in [-0.39, 0.29) is 36.3 Å². The van der Waals surface area contributed by atoms with E-state index in [4.69, 9.17) is 0 Å². The molecule has 0 spiro atoms. The van der Waals surface area contributed by atoms with Crippen molar-refractivity contribution in [1.82, 2.24) is 4.90 Å². The quantitative estimate of drug-likeness (QED) is 0.554. The van der Waals surface area contributed by atoms with Crippen LogP contribution in [-0.2, 0) is 9.59 Å². The van der Waals surface area contributed by atoms with Crippen molar-refractivity contribution in [2.24, 2.45) is 5.92 Å². The van der Waals surface area contributed by atoms with E-state index in [1.807, 2.05) is 0 Å². The van der Waals surface area contributed by atoms with Crippen molar-refractivity contribution in [1.29, 1.82) is 0 Å².